The number of carboxylic acids is 1. The number of aliphatic carboxylic acids is 1. The summed E-state index contributed by atoms with van der Waals surface area (Å²) in [5.74, 6) is -1.40. The molecule has 0 radical (unpaired) electrons. The number of carbonyl (C=O) groups is 1. The van der Waals surface area contributed by atoms with Crippen LogP contribution < -0.4 is 4.72 Å². The normalized spacial score (nSPS) is 23.1. The quantitative estimate of drug-likeness (QED) is 0.802. The SMILES string of the molecule is Cc1sc(Br)cc1S(=O)(=O)NCC1CCCCC1C(=O)O. The minimum atomic E-state index is -3.58. The smallest absolute Gasteiger partial charge is 0.306 e. The van der Waals surface area contributed by atoms with Crippen LogP contribution in [0.1, 0.15) is 30.6 Å². The standard InChI is InChI=1S/C13H18BrNO4S2/c1-8-11(6-12(14)20-8)21(18,19)15-7-9-4-2-3-5-10(9)13(16)17/h6,9-10,15H,2-5,7H2,1H3,(H,16,17). The summed E-state index contributed by atoms with van der Waals surface area (Å²) in [5, 5.41) is 9.22. The number of sulfonamides is 1. The highest BCUT2D eigenvalue weighted by atomic mass is 79.9. The predicted molar refractivity (Wildman–Crippen MR) is 85.0 cm³/mol. The molecule has 5 nitrogen and oxygen atoms in total. The van der Waals surface area contributed by atoms with Crippen molar-refractivity contribution in [2.75, 3.05) is 6.54 Å². The van der Waals surface area contributed by atoms with E-state index in [1.54, 1.807) is 13.0 Å². The fraction of sp³-hybridized carbons (Fsp3) is 0.615. The van der Waals surface area contributed by atoms with Crippen molar-refractivity contribution in [3.05, 3.63) is 14.7 Å². The van der Waals surface area contributed by atoms with Crippen LogP contribution in [-0.2, 0) is 14.8 Å². The molecule has 1 aliphatic rings. The van der Waals surface area contributed by atoms with E-state index in [4.69, 9.17) is 0 Å². The topological polar surface area (TPSA) is 83.5 Å². The van der Waals surface area contributed by atoms with E-state index in [1.807, 2.05) is 0 Å². The zero-order chi connectivity index (χ0) is 15.6. The molecule has 8 heteroatoms. The Balaban J connectivity index is 2.07. The van der Waals surface area contributed by atoms with E-state index in [1.165, 1.54) is 11.3 Å². The lowest BCUT2D eigenvalue weighted by molar-refractivity contribution is -0.144. The van der Waals surface area contributed by atoms with E-state index in [9.17, 15) is 18.3 Å². The Hall–Kier alpha value is -0.440. The molecular weight excluding hydrogens is 378 g/mol. The van der Waals surface area contributed by atoms with Crippen molar-refractivity contribution in [2.24, 2.45) is 11.8 Å². The molecule has 1 heterocycles. The van der Waals surface area contributed by atoms with E-state index >= 15 is 0 Å². The molecule has 2 N–H and O–H groups in total. The van der Waals surface area contributed by atoms with Gasteiger partial charge in [0.15, 0.2) is 0 Å². The van der Waals surface area contributed by atoms with Crippen molar-refractivity contribution < 1.29 is 18.3 Å². The summed E-state index contributed by atoms with van der Waals surface area (Å²) in [4.78, 5) is 12.2. The lowest BCUT2D eigenvalue weighted by Gasteiger charge is -2.28. The van der Waals surface area contributed by atoms with E-state index < -0.39 is 21.9 Å². The number of hydrogen-bond donors (Lipinski definition) is 2. The third kappa shape index (κ3) is 4.06. The van der Waals surface area contributed by atoms with Crippen molar-refractivity contribution in [3.63, 3.8) is 0 Å². The summed E-state index contributed by atoms with van der Waals surface area (Å²) < 4.78 is 28.0. The Morgan fingerprint density at radius 2 is 2.14 bits per heavy atom. The molecule has 1 aromatic rings. The lowest BCUT2D eigenvalue weighted by atomic mass is 9.79. The van der Waals surface area contributed by atoms with Gasteiger partial charge >= 0.3 is 5.97 Å². The molecule has 1 saturated carbocycles. The second kappa shape index (κ2) is 6.76. The van der Waals surface area contributed by atoms with Crippen LogP contribution in [0, 0.1) is 18.8 Å². The minimum absolute atomic E-state index is 0.131. The Morgan fingerprint density at radius 1 is 1.48 bits per heavy atom. The van der Waals surface area contributed by atoms with Gasteiger partial charge in [0, 0.05) is 11.4 Å². The molecule has 2 rings (SSSR count). The molecule has 21 heavy (non-hydrogen) atoms. The fourth-order valence-electron chi connectivity index (χ4n) is 2.77. The molecule has 0 aromatic carbocycles. The summed E-state index contributed by atoms with van der Waals surface area (Å²) in [6.45, 7) is 1.94. The predicted octanol–water partition coefficient (Wildman–Crippen LogP) is 2.99. The van der Waals surface area contributed by atoms with Gasteiger partial charge in [-0.25, -0.2) is 13.1 Å². The Labute approximate surface area is 136 Å². The van der Waals surface area contributed by atoms with Crippen LogP contribution in [0.15, 0.2) is 14.7 Å². The summed E-state index contributed by atoms with van der Waals surface area (Å²) in [6, 6.07) is 1.58. The maximum atomic E-state index is 12.3. The van der Waals surface area contributed by atoms with Crippen LogP contribution in [0.5, 0.6) is 0 Å². The molecular formula is C13H18BrNO4S2. The summed E-state index contributed by atoms with van der Waals surface area (Å²) in [6.07, 6.45) is 3.24. The monoisotopic (exact) mass is 395 g/mol. The highest BCUT2D eigenvalue weighted by molar-refractivity contribution is 9.11. The summed E-state index contributed by atoms with van der Waals surface area (Å²) in [7, 11) is -3.58. The van der Waals surface area contributed by atoms with E-state index in [0.29, 0.717) is 11.3 Å². The molecule has 118 valence electrons. The Morgan fingerprint density at radius 3 is 2.71 bits per heavy atom. The Kier molecular flexibility index (Phi) is 5.45. The fourth-order valence-corrected chi connectivity index (χ4v) is 6.28. The molecule has 0 amide bonds. The second-order valence-corrected chi connectivity index (χ2v) is 9.68. The second-order valence-electron chi connectivity index (χ2n) is 5.31. The van der Waals surface area contributed by atoms with Crippen molar-refractivity contribution >= 4 is 43.3 Å². The molecule has 2 atom stereocenters. The van der Waals surface area contributed by atoms with E-state index in [0.717, 1.165) is 23.0 Å². The molecule has 0 aliphatic heterocycles. The molecule has 0 bridgehead atoms. The first-order valence-corrected chi connectivity index (χ1v) is 9.89. The van der Waals surface area contributed by atoms with Crippen molar-refractivity contribution in [1.82, 2.24) is 4.72 Å². The zero-order valence-corrected chi connectivity index (χ0v) is 14.9. The number of aryl methyl sites for hydroxylation is 1. The van der Waals surface area contributed by atoms with Gasteiger partial charge < -0.3 is 5.11 Å². The number of rotatable bonds is 5. The van der Waals surface area contributed by atoms with Crippen molar-refractivity contribution in [1.29, 1.82) is 0 Å². The highest BCUT2D eigenvalue weighted by Gasteiger charge is 2.32. The lowest BCUT2D eigenvalue weighted by Crippen LogP contribution is -2.37. The number of thiophene rings is 1. The molecule has 1 aliphatic carbocycles. The average molecular weight is 396 g/mol. The van der Waals surface area contributed by atoms with Crippen LogP contribution in [0.25, 0.3) is 0 Å². The molecule has 0 saturated heterocycles. The maximum absolute atomic E-state index is 12.3. The van der Waals surface area contributed by atoms with Crippen LogP contribution >= 0.6 is 27.3 Å². The van der Waals surface area contributed by atoms with Crippen molar-refractivity contribution in [3.8, 4) is 0 Å². The number of hydrogen-bond acceptors (Lipinski definition) is 4. The Bertz CT molecular complexity index is 626. The number of carboxylic acid groups (broad SMARTS) is 1. The van der Waals surface area contributed by atoms with Crippen LogP contribution in [-0.4, -0.2) is 26.0 Å². The largest absolute Gasteiger partial charge is 0.481 e. The summed E-state index contributed by atoms with van der Waals surface area (Å²) in [5.41, 5.74) is 0. The van der Waals surface area contributed by atoms with Gasteiger partial charge in [0.05, 0.1) is 14.6 Å². The van der Waals surface area contributed by atoms with Gasteiger partial charge in [-0.2, -0.15) is 0 Å². The minimum Gasteiger partial charge on any atom is -0.481 e. The van der Waals surface area contributed by atoms with Gasteiger partial charge in [0.2, 0.25) is 10.0 Å². The third-order valence-electron chi connectivity index (χ3n) is 3.89. The van der Waals surface area contributed by atoms with Gasteiger partial charge in [0.25, 0.3) is 0 Å². The van der Waals surface area contributed by atoms with E-state index in [-0.39, 0.29) is 17.4 Å². The van der Waals surface area contributed by atoms with Gasteiger partial charge in [-0.05, 0) is 47.7 Å². The van der Waals surface area contributed by atoms with Crippen LogP contribution in [0.2, 0.25) is 0 Å². The molecule has 0 spiro atoms. The third-order valence-corrected chi connectivity index (χ3v) is 7.13. The van der Waals surface area contributed by atoms with Crippen molar-refractivity contribution in [2.45, 2.75) is 37.5 Å². The van der Waals surface area contributed by atoms with Crippen LogP contribution in [0.3, 0.4) is 0 Å². The van der Waals surface area contributed by atoms with Gasteiger partial charge in [0.1, 0.15) is 0 Å². The van der Waals surface area contributed by atoms with Crippen LogP contribution in [0.4, 0.5) is 0 Å². The van der Waals surface area contributed by atoms with Gasteiger partial charge in [-0.1, -0.05) is 12.8 Å². The molecule has 1 aromatic heterocycles. The zero-order valence-electron chi connectivity index (χ0n) is 11.6. The average Bonchev–Trinajstić information content (AvgIpc) is 2.76. The first-order chi connectivity index (χ1) is 9.81. The highest BCUT2D eigenvalue weighted by Crippen LogP contribution is 2.32. The summed E-state index contributed by atoms with van der Waals surface area (Å²) >= 11 is 4.65. The van der Waals surface area contributed by atoms with E-state index in [2.05, 4.69) is 20.7 Å². The number of halogens is 1. The first-order valence-electron chi connectivity index (χ1n) is 6.79. The maximum Gasteiger partial charge on any atom is 0.306 e. The van der Waals surface area contributed by atoms with Gasteiger partial charge in [-0.3, -0.25) is 4.79 Å². The number of nitrogens with one attached hydrogen (secondary N) is 1. The molecule has 1 fully saturated rings. The van der Waals surface area contributed by atoms with Gasteiger partial charge in [-0.15, -0.1) is 11.3 Å². The first kappa shape index (κ1) is 16.9. The molecule has 2 unspecified atom stereocenters.